The normalized spacial score (nSPS) is 12.2. The third-order valence-corrected chi connectivity index (χ3v) is 5.96. The van der Waals surface area contributed by atoms with E-state index in [1.165, 1.54) is 47.3 Å². The quantitative estimate of drug-likeness (QED) is 0.386. The third kappa shape index (κ3) is 3.71. The number of nitrogens with zero attached hydrogens (tertiary/aromatic N) is 5. The zero-order valence-electron chi connectivity index (χ0n) is 15.0. The van der Waals surface area contributed by atoms with Gasteiger partial charge in [-0.2, -0.15) is 9.67 Å². The first-order valence-electron chi connectivity index (χ1n) is 8.24. The maximum Gasteiger partial charge on any atom is 0.240 e. The molecule has 30 heavy (non-hydrogen) atoms. The summed E-state index contributed by atoms with van der Waals surface area (Å²) < 4.78 is 48.6. The number of hydrogen-bond donors (Lipinski definition) is 3. The zero-order valence-corrected chi connectivity index (χ0v) is 16.7. The summed E-state index contributed by atoms with van der Waals surface area (Å²) in [6.07, 6.45) is 1.35. The lowest BCUT2D eigenvalue weighted by molar-refractivity contribution is 0.595. The van der Waals surface area contributed by atoms with Crippen LogP contribution in [0.5, 0.6) is 0 Å². The van der Waals surface area contributed by atoms with Crippen LogP contribution in [0.3, 0.4) is 0 Å². The minimum atomic E-state index is -4.04. The highest BCUT2D eigenvalue weighted by Crippen LogP contribution is 2.24. The van der Waals surface area contributed by atoms with Crippen LogP contribution in [0, 0.1) is 0 Å². The highest BCUT2D eigenvalue weighted by Gasteiger charge is 2.19. The van der Waals surface area contributed by atoms with Gasteiger partial charge in [-0.15, -0.1) is 5.10 Å². The molecule has 2 heterocycles. The van der Waals surface area contributed by atoms with Crippen molar-refractivity contribution in [3.63, 3.8) is 0 Å². The van der Waals surface area contributed by atoms with Crippen molar-refractivity contribution < 1.29 is 16.8 Å². The van der Waals surface area contributed by atoms with Gasteiger partial charge in [0, 0.05) is 0 Å². The molecular weight excluding hydrogens is 432 g/mol. The molecule has 0 aliphatic heterocycles. The summed E-state index contributed by atoms with van der Waals surface area (Å²) in [7, 11) is -8.02. The van der Waals surface area contributed by atoms with Gasteiger partial charge in [-0.1, -0.05) is 29.5 Å². The van der Waals surface area contributed by atoms with Crippen molar-refractivity contribution in [3.05, 3.63) is 54.7 Å². The van der Waals surface area contributed by atoms with E-state index in [9.17, 15) is 16.8 Å². The van der Waals surface area contributed by atoms with Crippen molar-refractivity contribution >= 4 is 42.8 Å². The van der Waals surface area contributed by atoms with Crippen LogP contribution in [0.4, 0.5) is 11.6 Å². The summed E-state index contributed by atoms with van der Waals surface area (Å²) in [6.45, 7) is 0. The molecule has 0 fully saturated rings. The Labute approximate surface area is 170 Å². The first-order chi connectivity index (χ1) is 14.1. The molecule has 0 unspecified atom stereocenters. The predicted molar refractivity (Wildman–Crippen MR) is 107 cm³/mol. The molecule has 12 nitrogen and oxygen atoms in total. The van der Waals surface area contributed by atoms with Gasteiger partial charge in [-0.25, -0.2) is 32.1 Å². The lowest BCUT2D eigenvalue weighted by Gasteiger charge is -2.10. The van der Waals surface area contributed by atoms with Gasteiger partial charge in [0.25, 0.3) is 0 Å². The van der Waals surface area contributed by atoms with Gasteiger partial charge in [0.1, 0.15) is 9.79 Å². The zero-order chi connectivity index (χ0) is 21.5. The molecule has 0 saturated carbocycles. The number of hydrogen-bond acceptors (Lipinski definition) is 9. The van der Waals surface area contributed by atoms with Crippen molar-refractivity contribution in [2.24, 2.45) is 10.3 Å². The Morgan fingerprint density at radius 2 is 1.50 bits per heavy atom. The SMILES string of the molecule is NS(=O)(=O)c1ccccc1Nc1ncc2nnn(-c3ccccc3S(N)(=O)=O)c2n1. The van der Waals surface area contributed by atoms with Gasteiger partial charge in [0.05, 0.1) is 17.6 Å². The summed E-state index contributed by atoms with van der Waals surface area (Å²) in [4.78, 5) is 8.08. The molecule has 4 aromatic rings. The van der Waals surface area contributed by atoms with Gasteiger partial charge in [-0.3, -0.25) is 0 Å². The van der Waals surface area contributed by atoms with Gasteiger partial charge in [-0.05, 0) is 24.3 Å². The van der Waals surface area contributed by atoms with Gasteiger partial charge < -0.3 is 5.32 Å². The molecule has 154 valence electrons. The molecule has 2 aromatic heterocycles. The summed E-state index contributed by atoms with van der Waals surface area (Å²) >= 11 is 0. The van der Waals surface area contributed by atoms with E-state index in [0.29, 0.717) is 0 Å². The molecule has 0 spiro atoms. The second-order valence-electron chi connectivity index (χ2n) is 6.08. The highest BCUT2D eigenvalue weighted by molar-refractivity contribution is 7.89. The first kappa shape index (κ1) is 19.8. The lowest BCUT2D eigenvalue weighted by Crippen LogP contribution is -2.16. The maximum atomic E-state index is 11.9. The standard InChI is InChI=1S/C16H14N8O4S2/c17-29(25,26)13-7-3-1-5-10(13)20-16-19-9-11-15(21-16)24(23-22-11)12-6-2-4-8-14(12)30(18,27)28/h1-9H,(H2,17,25,26)(H2,18,27,28)(H,19,20,21). The fourth-order valence-corrected chi connectivity index (χ4v) is 4.17. The van der Waals surface area contributed by atoms with E-state index < -0.39 is 20.0 Å². The van der Waals surface area contributed by atoms with E-state index in [2.05, 4.69) is 25.6 Å². The lowest BCUT2D eigenvalue weighted by atomic mass is 10.3. The van der Waals surface area contributed by atoms with Crippen molar-refractivity contribution in [2.75, 3.05) is 5.32 Å². The largest absolute Gasteiger partial charge is 0.323 e. The number of benzene rings is 2. The molecule has 0 bridgehead atoms. The second kappa shape index (κ2) is 7.10. The highest BCUT2D eigenvalue weighted by atomic mass is 32.2. The molecule has 0 saturated heterocycles. The maximum absolute atomic E-state index is 11.9. The average molecular weight is 446 g/mol. The average Bonchev–Trinajstić information content (AvgIpc) is 3.10. The molecule has 14 heteroatoms. The molecule has 2 aromatic carbocycles. The summed E-state index contributed by atoms with van der Waals surface area (Å²) in [5, 5.41) is 21.2. The number of para-hydroxylation sites is 2. The molecular formula is C16H14N8O4S2. The van der Waals surface area contributed by atoms with Crippen LogP contribution >= 0.6 is 0 Å². The Balaban J connectivity index is 1.84. The van der Waals surface area contributed by atoms with E-state index in [4.69, 9.17) is 10.3 Å². The van der Waals surface area contributed by atoms with Crippen LogP contribution in [-0.2, 0) is 20.0 Å². The Morgan fingerprint density at radius 3 is 2.20 bits per heavy atom. The van der Waals surface area contributed by atoms with Crippen molar-refractivity contribution in [1.82, 2.24) is 25.0 Å². The van der Waals surface area contributed by atoms with Crippen LogP contribution in [0.1, 0.15) is 0 Å². The van der Waals surface area contributed by atoms with E-state index in [0.717, 1.165) is 0 Å². The number of aromatic nitrogens is 5. The molecule has 0 aliphatic rings. The van der Waals surface area contributed by atoms with Gasteiger partial charge >= 0.3 is 0 Å². The fraction of sp³-hybridized carbons (Fsp3) is 0. The predicted octanol–water partition coefficient (Wildman–Crippen LogP) is 0.249. The monoisotopic (exact) mass is 446 g/mol. The van der Waals surface area contributed by atoms with Gasteiger partial charge in [0.15, 0.2) is 11.2 Å². The smallest absolute Gasteiger partial charge is 0.240 e. The van der Waals surface area contributed by atoms with Crippen LogP contribution in [-0.4, -0.2) is 41.8 Å². The minimum absolute atomic E-state index is 0.0234. The van der Waals surface area contributed by atoms with E-state index in [1.54, 1.807) is 12.1 Å². The van der Waals surface area contributed by atoms with Crippen LogP contribution in [0.15, 0.2) is 64.5 Å². The number of rotatable bonds is 5. The molecule has 0 amide bonds. The number of fused-ring (bicyclic) bond motifs is 1. The summed E-state index contributed by atoms with van der Waals surface area (Å²) in [5.74, 6) is 0.0234. The topological polar surface area (TPSA) is 189 Å². The summed E-state index contributed by atoms with van der Waals surface area (Å²) in [5.41, 5.74) is 0.779. The molecule has 0 radical (unpaired) electrons. The molecule has 0 atom stereocenters. The summed E-state index contributed by atoms with van der Waals surface area (Å²) in [6, 6.07) is 11.9. The molecule has 0 aliphatic carbocycles. The fourth-order valence-electron chi connectivity index (χ4n) is 2.76. The number of anilines is 2. The minimum Gasteiger partial charge on any atom is -0.323 e. The third-order valence-electron chi connectivity index (χ3n) is 4.03. The van der Waals surface area contributed by atoms with Crippen molar-refractivity contribution in [1.29, 1.82) is 0 Å². The van der Waals surface area contributed by atoms with Crippen molar-refractivity contribution in [2.45, 2.75) is 9.79 Å². The van der Waals surface area contributed by atoms with Crippen molar-refractivity contribution in [3.8, 4) is 5.69 Å². The van der Waals surface area contributed by atoms with E-state index in [-0.39, 0.29) is 38.3 Å². The van der Waals surface area contributed by atoms with Crippen LogP contribution < -0.4 is 15.6 Å². The van der Waals surface area contributed by atoms with Gasteiger partial charge in [0.2, 0.25) is 26.0 Å². The number of primary sulfonamides is 2. The second-order valence-corrected chi connectivity index (χ2v) is 9.14. The van der Waals surface area contributed by atoms with E-state index in [1.807, 2.05) is 0 Å². The molecule has 5 N–H and O–H groups in total. The Morgan fingerprint density at radius 1 is 0.867 bits per heavy atom. The van der Waals surface area contributed by atoms with Crippen LogP contribution in [0.25, 0.3) is 16.9 Å². The Bertz CT molecular complexity index is 1480. The van der Waals surface area contributed by atoms with Crippen LogP contribution in [0.2, 0.25) is 0 Å². The number of nitrogens with two attached hydrogens (primary N) is 2. The number of sulfonamides is 2. The molecule has 4 rings (SSSR count). The number of nitrogens with one attached hydrogen (secondary N) is 1. The Kier molecular flexibility index (Phi) is 4.70. The first-order valence-corrected chi connectivity index (χ1v) is 11.3. The Hall–Kier alpha value is -3.46. The van der Waals surface area contributed by atoms with E-state index >= 15 is 0 Å².